The molecule has 3 atom stereocenters. The molecule has 0 aliphatic heterocycles. The Kier molecular flexibility index (Phi) is 3.36. The molecule has 2 rings (SSSR count). The van der Waals surface area contributed by atoms with Crippen molar-refractivity contribution in [1.29, 1.82) is 0 Å². The summed E-state index contributed by atoms with van der Waals surface area (Å²) in [6.45, 7) is 2.15. The first-order valence-electron chi connectivity index (χ1n) is 5.98. The molecule has 1 aliphatic carbocycles. The van der Waals surface area contributed by atoms with Gasteiger partial charge >= 0.3 is 5.97 Å². The van der Waals surface area contributed by atoms with Crippen molar-refractivity contribution in [3.8, 4) is 5.75 Å². The second kappa shape index (κ2) is 4.78. The normalized spacial score (nSPS) is 24.1. The maximum absolute atomic E-state index is 10.8. The summed E-state index contributed by atoms with van der Waals surface area (Å²) in [7, 11) is 1.65. The fraction of sp³-hybridized carbons (Fsp3) is 0.500. The molecule has 1 N–H and O–H groups in total. The van der Waals surface area contributed by atoms with Gasteiger partial charge in [0.05, 0.1) is 13.0 Å². The van der Waals surface area contributed by atoms with Crippen LogP contribution in [-0.2, 0) is 4.79 Å². The average Bonchev–Trinajstić information content (AvgIpc) is 3.08. The number of hydrogen-bond donors (Lipinski definition) is 1. The third-order valence-electron chi connectivity index (χ3n) is 3.58. The Balaban J connectivity index is 1.91. The molecule has 92 valence electrons. The molecule has 3 nitrogen and oxygen atoms in total. The third-order valence-corrected chi connectivity index (χ3v) is 3.58. The minimum Gasteiger partial charge on any atom is -0.497 e. The first kappa shape index (κ1) is 12.0. The van der Waals surface area contributed by atoms with E-state index in [0.717, 1.165) is 18.6 Å². The summed E-state index contributed by atoms with van der Waals surface area (Å²) in [6.07, 6.45) is 1.80. The molecule has 0 saturated heterocycles. The Hall–Kier alpha value is -1.51. The molecule has 3 unspecified atom stereocenters. The van der Waals surface area contributed by atoms with E-state index >= 15 is 0 Å². The number of rotatable bonds is 5. The second-order valence-electron chi connectivity index (χ2n) is 4.85. The number of ether oxygens (including phenoxy) is 1. The third kappa shape index (κ3) is 2.78. The largest absolute Gasteiger partial charge is 0.497 e. The highest BCUT2D eigenvalue weighted by Gasteiger charge is 2.43. The molecule has 0 spiro atoms. The molecule has 1 aromatic carbocycles. The number of carboxylic acids is 1. The van der Waals surface area contributed by atoms with Crippen LogP contribution in [0.2, 0.25) is 0 Å². The van der Waals surface area contributed by atoms with Crippen molar-refractivity contribution in [2.24, 2.45) is 11.8 Å². The van der Waals surface area contributed by atoms with Gasteiger partial charge in [-0.05, 0) is 42.4 Å². The van der Waals surface area contributed by atoms with Gasteiger partial charge in [0.1, 0.15) is 5.75 Å². The van der Waals surface area contributed by atoms with Crippen molar-refractivity contribution in [1.82, 2.24) is 0 Å². The van der Waals surface area contributed by atoms with E-state index in [9.17, 15) is 4.79 Å². The monoisotopic (exact) mass is 234 g/mol. The van der Waals surface area contributed by atoms with Gasteiger partial charge in [-0.3, -0.25) is 4.79 Å². The van der Waals surface area contributed by atoms with Crippen molar-refractivity contribution in [3.63, 3.8) is 0 Å². The lowest BCUT2D eigenvalue weighted by molar-refractivity contribution is -0.138. The second-order valence-corrected chi connectivity index (χ2v) is 4.85. The van der Waals surface area contributed by atoms with Crippen LogP contribution in [0.3, 0.4) is 0 Å². The molecule has 0 aromatic heterocycles. The molecule has 0 bridgehead atoms. The highest BCUT2D eigenvalue weighted by Crippen LogP contribution is 2.45. The molecule has 1 aromatic rings. The number of carboxylic acid groups (broad SMARTS) is 1. The van der Waals surface area contributed by atoms with Crippen LogP contribution < -0.4 is 4.74 Å². The summed E-state index contributed by atoms with van der Waals surface area (Å²) in [4.78, 5) is 10.8. The molecule has 0 amide bonds. The van der Waals surface area contributed by atoms with Crippen molar-refractivity contribution in [3.05, 3.63) is 29.8 Å². The van der Waals surface area contributed by atoms with Crippen molar-refractivity contribution >= 4 is 5.97 Å². The molecule has 3 heteroatoms. The van der Waals surface area contributed by atoms with Gasteiger partial charge in [0.2, 0.25) is 0 Å². The van der Waals surface area contributed by atoms with E-state index in [4.69, 9.17) is 9.84 Å². The van der Waals surface area contributed by atoms with Crippen LogP contribution in [0.1, 0.15) is 31.2 Å². The molecule has 1 aliphatic rings. The number of aliphatic carboxylic acids is 1. The maximum Gasteiger partial charge on any atom is 0.306 e. The minimum absolute atomic E-state index is 0.101. The Labute approximate surface area is 101 Å². The lowest BCUT2D eigenvalue weighted by atomic mass is 9.95. The van der Waals surface area contributed by atoms with Gasteiger partial charge in [-0.2, -0.15) is 0 Å². The summed E-state index contributed by atoms with van der Waals surface area (Å²) in [6, 6.07) is 8.02. The molecule has 0 heterocycles. The Morgan fingerprint density at radius 1 is 1.47 bits per heavy atom. The highest BCUT2D eigenvalue weighted by molar-refractivity contribution is 5.73. The molecule has 17 heavy (non-hydrogen) atoms. The zero-order valence-electron chi connectivity index (χ0n) is 10.2. The smallest absolute Gasteiger partial charge is 0.306 e. The summed E-state index contributed by atoms with van der Waals surface area (Å²) in [5, 5.41) is 8.86. The van der Waals surface area contributed by atoms with E-state index in [2.05, 4.69) is 19.1 Å². The number of methoxy groups -OCH3 is 1. The fourth-order valence-electron chi connectivity index (χ4n) is 2.33. The van der Waals surface area contributed by atoms with Gasteiger partial charge < -0.3 is 9.84 Å². The quantitative estimate of drug-likeness (QED) is 0.852. The molecule has 0 radical (unpaired) electrons. The van der Waals surface area contributed by atoms with Crippen LogP contribution in [0.5, 0.6) is 5.75 Å². The molecular formula is C14H18O3. The van der Waals surface area contributed by atoms with E-state index in [0.29, 0.717) is 11.8 Å². The molecule has 1 fully saturated rings. The standard InChI is InChI=1S/C14H18O3/c1-9(7-11-8-13(11)14(15)16)10-3-5-12(17-2)6-4-10/h3-6,9,11,13H,7-8H2,1-2H3,(H,15,16). The van der Waals surface area contributed by atoms with Crippen LogP contribution in [0, 0.1) is 11.8 Å². The van der Waals surface area contributed by atoms with Crippen molar-refractivity contribution in [2.75, 3.05) is 7.11 Å². The Bertz CT molecular complexity index is 396. The SMILES string of the molecule is COc1ccc(C(C)CC2CC2C(=O)O)cc1. The van der Waals surface area contributed by atoms with Crippen LogP contribution in [0.25, 0.3) is 0 Å². The predicted molar refractivity (Wildman–Crippen MR) is 65.3 cm³/mol. The van der Waals surface area contributed by atoms with E-state index in [1.165, 1.54) is 5.56 Å². The van der Waals surface area contributed by atoms with E-state index in [1.54, 1.807) is 7.11 Å². The van der Waals surface area contributed by atoms with Gasteiger partial charge in [0, 0.05) is 0 Å². The van der Waals surface area contributed by atoms with Gasteiger partial charge in [-0.25, -0.2) is 0 Å². The summed E-state index contributed by atoms with van der Waals surface area (Å²) in [5.41, 5.74) is 1.25. The summed E-state index contributed by atoms with van der Waals surface area (Å²) in [5.74, 6) is 0.892. The maximum atomic E-state index is 10.8. The number of hydrogen-bond acceptors (Lipinski definition) is 2. The van der Waals surface area contributed by atoms with Crippen LogP contribution in [0.15, 0.2) is 24.3 Å². The lowest BCUT2D eigenvalue weighted by Gasteiger charge is -2.11. The molecule has 1 saturated carbocycles. The van der Waals surface area contributed by atoms with Gasteiger partial charge in [0.25, 0.3) is 0 Å². The lowest BCUT2D eigenvalue weighted by Crippen LogP contribution is -2.02. The van der Waals surface area contributed by atoms with E-state index in [1.807, 2.05) is 12.1 Å². The fourth-order valence-corrected chi connectivity index (χ4v) is 2.33. The zero-order chi connectivity index (χ0) is 12.4. The first-order valence-corrected chi connectivity index (χ1v) is 5.98. The molecular weight excluding hydrogens is 216 g/mol. The zero-order valence-corrected chi connectivity index (χ0v) is 10.2. The summed E-state index contributed by atoms with van der Waals surface area (Å²) >= 11 is 0. The van der Waals surface area contributed by atoms with Crippen molar-refractivity contribution < 1.29 is 14.6 Å². The number of benzene rings is 1. The Morgan fingerprint density at radius 3 is 2.59 bits per heavy atom. The average molecular weight is 234 g/mol. The predicted octanol–water partition coefficient (Wildman–Crippen LogP) is 2.91. The number of carbonyl (C=O) groups is 1. The summed E-state index contributed by atoms with van der Waals surface area (Å²) < 4.78 is 5.11. The van der Waals surface area contributed by atoms with Gasteiger partial charge in [-0.1, -0.05) is 19.1 Å². The van der Waals surface area contributed by atoms with Gasteiger partial charge in [-0.15, -0.1) is 0 Å². The van der Waals surface area contributed by atoms with Crippen LogP contribution in [0.4, 0.5) is 0 Å². The van der Waals surface area contributed by atoms with E-state index < -0.39 is 5.97 Å². The van der Waals surface area contributed by atoms with Crippen molar-refractivity contribution in [2.45, 2.75) is 25.7 Å². The Morgan fingerprint density at radius 2 is 2.12 bits per heavy atom. The van der Waals surface area contributed by atoms with Gasteiger partial charge in [0.15, 0.2) is 0 Å². The minimum atomic E-state index is -0.642. The topological polar surface area (TPSA) is 46.5 Å². The highest BCUT2D eigenvalue weighted by atomic mass is 16.5. The van der Waals surface area contributed by atoms with Crippen LogP contribution in [-0.4, -0.2) is 18.2 Å². The first-order chi connectivity index (χ1) is 8.11. The van der Waals surface area contributed by atoms with E-state index in [-0.39, 0.29) is 5.92 Å². The van der Waals surface area contributed by atoms with Crippen LogP contribution >= 0.6 is 0 Å².